The zero-order chi connectivity index (χ0) is 54.8. The minimum Gasteiger partial charge on any atom is -0.493 e. The van der Waals surface area contributed by atoms with Gasteiger partial charge < -0.3 is 49.3 Å². The van der Waals surface area contributed by atoms with E-state index in [2.05, 4.69) is 25.0 Å². The second-order valence-electron chi connectivity index (χ2n) is 19.2. The van der Waals surface area contributed by atoms with E-state index in [0.717, 1.165) is 0 Å². The molecule has 8 rings (SSSR count). The molecule has 4 heterocycles. The van der Waals surface area contributed by atoms with Gasteiger partial charge in [0, 0.05) is 98.5 Å². The van der Waals surface area contributed by atoms with E-state index in [4.69, 9.17) is 105 Å². The van der Waals surface area contributed by atoms with Gasteiger partial charge in [0.1, 0.15) is 23.4 Å². The number of aromatic nitrogens is 2. The predicted octanol–water partition coefficient (Wildman–Crippen LogP) is 16.1. The van der Waals surface area contributed by atoms with Gasteiger partial charge in [-0.2, -0.15) is 0 Å². The van der Waals surface area contributed by atoms with Gasteiger partial charge in [-0.15, -0.1) is 0 Å². The standard InChI is InChI=1S/C27H28Cl2N4O4.C21H24ClN3O4.C6H5Cl2N.CH4/c1-27(2,3)37-26(34)33-10-8-17(9-11-33)36-24-13-18-21(14-23(24)35-5)31-15-22(30-4)25(18)32-16-6-7-19(28)20(29)12-16;1-21(2,3)29-20(26)25-8-6-13(7-9-25)28-18-10-14-15(11-17(18)27-5)24-12-16(23-4)19(14)22;7-5-2-1-4(9)3-6(5)8;/h6-7,12-15,17H,8-11H2,1-3,5H3,(H,31,32);10-13H,6-9H2,1-3,5H3;1-3H,9H2;1H4. The Labute approximate surface area is 469 Å². The number of nitrogens with zero attached hydrogens (tertiary/aromatic N) is 6. The molecule has 6 aromatic rings. The zero-order valence-corrected chi connectivity index (χ0v) is 46.4. The molecule has 2 fully saturated rings. The van der Waals surface area contributed by atoms with E-state index in [1.165, 1.54) is 12.4 Å². The van der Waals surface area contributed by atoms with Gasteiger partial charge >= 0.3 is 12.2 Å². The van der Waals surface area contributed by atoms with Crippen molar-refractivity contribution in [2.24, 2.45) is 0 Å². The number of anilines is 3. The summed E-state index contributed by atoms with van der Waals surface area (Å²) in [4.78, 5) is 43.8. The zero-order valence-electron chi connectivity index (χ0n) is 42.7. The van der Waals surface area contributed by atoms with Crippen LogP contribution in [0.3, 0.4) is 0 Å². The highest BCUT2D eigenvalue weighted by Crippen LogP contribution is 2.42. The number of hydrogen-bond donors (Lipinski definition) is 2. The van der Waals surface area contributed by atoms with E-state index in [0.29, 0.717) is 150 Å². The molecule has 2 saturated heterocycles. The Morgan fingerprint density at radius 1 is 0.618 bits per heavy atom. The van der Waals surface area contributed by atoms with Crippen molar-refractivity contribution in [3.05, 3.63) is 121 Å². The van der Waals surface area contributed by atoms with Gasteiger partial charge in [-0.1, -0.05) is 65.4 Å². The summed E-state index contributed by atoms with van der Waals surface area (Å²) in [6.45, 7) is 28.1. The van der Waals surface area contributed by atoms with Crippen LogP contribution in [0.4, 0.5) is 38.0 Å². The summed E-state index contributed by atoms with van der Waals surface area (Å²) in [7, 11) is 3.13. The van der Waals surface area contributed by atoms with Gasteiger partial charge in [-0.25, -0.2) is 19.3 Å². The van der Waals surface area contributed by atoms with Crippen LogP contribution in [0.15, 0.2) is 73.1 Å². The third kappa shape index (κ3) is 16.2. The predicted molar refractivity (Wildman–Crippen MR) is 304 cm³/mol. The molecule has 0 spiro atoms. The number of benzene rings is 4. The largest absolute Gasteiger partial charge is 0.493 e. The van der Waals surface area contributed by atoms with Crippen molar-refractivity contribution in [3.8, 4) is 23.0 Å². The van der Waals surface area contributed by atoms with Gasteiger partial charge in [0.2, 0.25) is 11.4 Å². The smallest absolute Gasteiger partial charge is 0.410 e. The van der Waals surface area contributed by atoms with E-state index in [9.17, 15) is 9.59 Å². The fourth-order valence-electron chi connectivity index (χ4n) is 7.70. The van der Waals surface area contributed by atoms with Gasteiger partial charge in [0.25, 0.3) is 0 Å². The van der Waals surface area contributed by atoms with Crippen molar-refractivity contribution in [2.45, 2.75) is 98.1 Å². The van der Waals surface area contributed by atoms with Gasteiger partial charge in [0.05, 0.1) is 69.2 Å². The summed E-state index contributed by atoms with van der Waals surface area (Å²) in [5, 5.41) is 6.84. The number of carbonyl (C=O) groups is 2. The number of rotatable bonds is 8. The fourth-order valence-corrected chi connectivity index (χ4v) is 8.55. The Hall–Kier alpha value is -6.53. The number of hydrogen-bond acceptors (Lipinski definition) is 12. The van der Waals surface area contributed by atoms with Crippen LogP contribution in [0, 0.1) is 13.1 Å². The van der Waals surface area contributed by atoms with Crippen molar-refractivity contribution in [1.82, 2.24) is 19.8 Å². The van der Waals surface area contributed by atoms with Crippen LogP contribution in [0.1, 0.15) is 74.7 Å². The number of carbonyl (C=O) groups excluding carboxylic acids is 2. The number of pyridine rings is 2. The third-order valence-electron chi connectivity index (χ3n) is 11.4. The Morgan fingerprint density at radius 2 is 1.05 bits per heavy atom. The molecular weight excluding hydrogens is 1080 g/mol. The number of likely N-dealkylation sites (tertiary alicyclic amines) is 2. The summed E-state index contributed by atoms with van der Waals surface area (Å²) in [5.41, 5.74) is 8.13. The number of piperidine rings is 2. The van der Waals surface area contributed by atoms with Crippen molar-refractivity contribution in [2.75, 3.05) is 51.4 Å². The Kier molecular flexibility index (Phi) is 21.0. The number of halogens is 5. The second kappa shape index (κ2) is 26.5. The maximum absolute atomic E-state index is 12.4. The third-order valence-corrected chi connectivity index (χ3v) is 13.2. The normalized spacial score (nSPS) is 13.8. The molecule has 0 bridgehead atoms. The lowest BCUT2D eigenvalue weighted by Crippen LogP contribution is -2.44. The number of nitrogens with one attached hydrogen (secondary N) is 1. The number of amides is 2. The molecule has 2 aromatic heterocycles. The van der Waals surface area contributed by atoms with Crippen LogP contribution < -0.4 is 30.0 Å². The van der Waals surface area contributed by atoms with E-state index in [-0.39, 0.29) is 31.8 Å². The molecule has 21 heteroatoms. The second-order valence-corrected chi connectivity index (χ2v) is 21.2. The van der Waals surface area contributed by atoms with Crippen molar-refractivity contribution in [1.29, 1.82) is 0 Å². The molecule has 2 aliphatic rings. The topological polar surface area (TPSA) is 169 Å². The monoisotopic (exact) mass is 1140 g/mol. The minimum absolute atomic E-state index is 0. The van der Waals surface area contributed by atoms with Gasteiger partial charge in [-0.3, -0.25) is 9.97 Å². The summed E-state index contributed by atoms with van der Waals surface area (Å²) < 4.78 is 34.5. The van der Waals surface area contributed by atoms with E-state index < -0.39 is 11.2 Å². The molecule has 4 aromatic carbocycles. The van der Waals surface area contributed by atoms with Crippen molar-refractivity contribution in [3.63, 3.8) is 0 Å². The average Bonchev–Trinajstić information content (AvgIpc) is 3.36. The van der Waals surface area contributed by atoms with Crippen LogP contribution in [-0.2, 0) is 9.47 Å². The molecular formula is C55H61Cl5N8O8. The van der Waals surface area contributed by atoms with Crippen LogP contribution in [0.25, 0.3) is 31.5 Å². The molecule has 404 valence electrons. The van der Waals surface area contributed by atoms with E-state index >= 15 is 0 Å². The molecule has 0 radical (unpaired) electrons. The van der Waals surface area contributed by atoms with Crippen LogP contribution in [0.5, 0.6) is 23.0 Å². The first-order chi connectivity index (χ1) is 35.5. The van der Waals surface area contributed by atoms with Gasteiger partial charge in [-0.05, 0) is 90.1 Å². The Balaban J connectivity index is 0.000000243. The summed E-state index contributed by atoms with van der Waals surface area (Å²) in [6.07, 6.45) is 4.80. The molecule has 16 nitrogen and oxygen atoms in total. The quantitative estimate of drug-likeness (QED) is 0.109. The number of nitrogens with two attached hydrogens (primary N) is 1. The number of fused-ring (bicyclic) bond motifs is 2. The molecule has 0 saturated carbocycles. The minimum atomic E-state index is -0.537. The van der Waals surface area contributed by atoms with Crippen LogP contribution in [-0.4, -0.2) is 95.8 Å². The molecule has 3 N–H and O–H groups in total. The highest BCUT2D eigenvalue weighted by atomic mass is 35.5. The average molecular weight is 1140 g/mol. The van der Waals surface area contributed by atoms with Crippen molar-refractivity contribution >= 4 is 120 Å². The van der Waals surface area contributed by atoms with Crippen molar-refractivity contribution < 1.29 is 38.0 Å². The Bertz CT molecular complexity index is 3120. The highest BCUT2D eigenvalue weighted by molar-refractivity contribution is 6.42. The molecule has 2 amide bonds. The lowest BCUT2D eigenvalue weighted by molar-refractivity contribution is 0.0113. The lowest BCUT2D eigenvalue weighted by atomic mass is 10.1. The fraction of sp³-hybridized carbons (Fsp3) is 0.382. The first kappa shape index (κ1) is 60.3. The summed E-state index contributed by atoms with van der Waals surface area (Å²) in [6, 6.07) is 17.3. The summed E-state index contributed by atoms with van der Waals surface area (Å²) >= 11 is 29.8. The Morgan fingerprint density at radius 3 is 1.47 bits per heavy atom. The van der Waals surface area contributed by atoms with Crippen LogP contribution in [0.2, 0.25) is 25.1 Å². The first-order valence-corrected chi connectivity index (χ1v) is 25.5. The maximum Gasteiger partial charge on any atom is 0.410 e. The maximum atomic E-state index is 12.4. The molecule has 0 atom stereocenters. The summed E-state index contributed by atoms with van der Waals surface area (Å²) in [5.74, 6) is 2.16. The number of nitrogen functional groups attached to an aromatic ring is 1. The molecule has 76 heavy (non-hydrogen) atoms. The first-order valence-electron chi connectivity index (χ1n) is 23.6. The number of methoxy groups -OCH3 is 2. The lowest BCUT2D eigenvalue weighted by Gasteiger charge is -2.33. The molecule has 0 aliphatic carbocycles. The SMILES string of the molecule is C.Nc1ccc(Cl)c(Cl)c1.[C-]#[N+]c1cnc2cc(OC)c(OC3CCN(C(=O)OC(C)(C)C)CC3)cc2c1Cl.[C-]#[N+]c1cnc2cc(OC)c(OC3CCN(C(=O)OC(C)(C)C)CC3)cc2c1Nc1ccc(Cl)c(Cl)c1. The molecule has 0 unspecified atom stereocenters. The van der Waals surface area contributed by atoms with E-state index in [1.807, 2.05) is 47.6 Å². The molecule has 2 aliphatic heterocycles. The number of ether oxygens (including phenoxy) is 6. The highest BCUT2D eigenvalue weighted by Gasteiger charge is 2.30. The van der Waals surface area contributed by atoms with E-state index in [1.54, 1.807) is 78.6 Å². The van der Waals surface area contributed by atoms with Gasteiger partial charge in [0.15, 0.2) is 23.0 Å². The van der Waals surface area contributed by atoms with Crippen LogP contribution >= 0.6 is 58.0 Å².